The van der Waals surface area contributed by atoms with Gasteiger partial charge in [-0.05, 0) is 0 Å². The Morgan fingerprint density at radius 1 is 0.844 bits per heavy atom. The third-order valence-corrected chi connectivity index (χ3v) is 8.32. The van der Waals surface area contributed by atoms with Crippen molar-refractivity contribution in [2.75, 3.05) is 0 Å². The average molecular weight is 481 g/mol. The van der Waals surface area contributed by atoms with Gasteiger partial charge in [0.1, 0.15) is 0 Å². The molecule has 4 heterocycles. The molecular formula is C28H22N2OSe. The van der Waals surface area contributed by atoms with E-state index in [1.165, 1.54) is 25.3 Å². The Balaban J connectivity index is 1.46. The topological polar surface area (TPSA) is 38.9 Å². The van der Waals surface area contributed by atoms with Gasteiger partial charge >= 0.3 is 193 Å². The van der Waals surface area contributed by atoms with E-state index in [2.05, 4.69) is 85.6 Å². The standard InChI is InChI=1S/C28H22N2OSe/c1-16(2)18-8-10-19(11-9-18)25-15-20-12-14-24(30-28(20)32-25)23-6-4-5-21-22-13-7-17(3)29-27(22)31-26(21)23/h4-16H,1-3H3. The second-order valence-corrected chi connectivity index (χ2v) is 10.7. The van der Waals surface area contributed by atoms with E-state index < -0.39 is 0 Å². The van der Waals surface area contributed by atoms with Crippen molar-refractivity contribution < 1.29 is 4.42 Å². The minimum atomic E-state index is 0.186. The number of para-hydroxylation sites is 1. The van der Waals surface area contributed by atoms with Crippen LogP contribution in [0, 0.1) is 6.92 Å². The summed E-state index contributed by atoms with van der Waals surface area (Å²) in [6.07, 6.45) is 0. The summed E-state index contributed by atoms with van der Waals surface area (Å²) in [5, 5.41) is 3.36. The number of pyridine rings is 2. The van der Waals surface area contributed by atoms with Crippen molar-refractivity contribution in [1.29, 1.82) is 0 Å². The number of aryl methyl sites for hydroxylation is 1. The van der Waals surface area contributed by atoms with Crippen LogP contribution in [0.4, 0.5) is 0 Å². The number of hydrogen-bond acceptors (Lipinski definition) is 3. The van der Waals surface area contributed by atoms with Gasteiger partial charge in [-0.25, -0.2) is 0 Å². The van der Waals surface area contributed by atoms with E-state index in [4.69, 9.17) is 9.40 Å². The molecule has 0 N–H and O–H groups in total. The number of nitrogens with zero attached hydrogens (tertiary/aromatic N) is 2. The molecule has 156 valence electrons. The molecule has 0 saturated heterocycles. The Morgan fingerprint density at radius 3 is 2.50 bits per heavy atom. The predicted octanol–water partition coefficient (Wildman–Crippen LogP) is 7.35. The first-order valence-corrected chi connectivity index (χ1v) is 12.6. The van der Waals surface area contributed by atoms with Gasteiger partial charge in [0, 0.05) is 0 Å². The van der Waals surface area contributed by atoms with Crippen LogP contribution in [-0.4, -0.2) is 24.5 Å². The number of hydrogen-bond donors (Lipinski definition) is 0. The molecule has 0 aliphatic heterocycles. The van der Waals surface area contributed by atoms with E-state index in [0.717, 1.165) is 33.3 Å². The Kier molecular flexibility index (Phi) is 4.53. The zero-order valence-corrected chi connectivity index (χ0v) is 19.9. The van der Waals surface area contributed by atoms with Crippen LogP contribution in [-0.2, 0) is 0 Å². The van der Waals surface area contributed by atoms with Crippen molar-refractivity contribution in [3.8, 4) is 21.3 Å². The minimum absolute atomic E-state index is 0.186. The van der Waals surface area contributed by atoms with Crippen molar-refractivity contribution in [2.45, 2.75) is 26.7 Å². The molecule has 0 radical (unpaired) electrons. The Morgan fingerprint density at radius 2 is 1.69 bits per heavy atom. The second-order valence-electron chi connectivity index (χ2n) is 8.57. The van der Waals surface area contributed by atoms with Gasteiger partial charge in [-0.1, -0.05) is 0 Å². The number of rotatable bonds is 3. The SMILES string of the molecule is Cc1ccc2c(n1)oc1c(-c3ccc4cc(-c5ccc(C(C)C)cc5)[se]c4n3)cccc12. The first-order chi connectivity index (χ1) is 15.6. The molecule has 4 heteroatoms. The van der Waals surface area contributed by atoms with Crippen LogP contribution in [0.2, 0.25) is 0 Å². The van der Waals surface area contributed by atoms with Crippen molar-refractivity contribution in [2.24, 2.45) is 0 Å². The summed E-state index contributed by atoms with van der Waals surface area (Å²) >= 11 is 0.186. The van der Waals surface area contributed by atoms with Gasteiger partial charge in [-0.3, -0.25) is 0 Å². The van der Waals surface area contributed by atoms with Crippen molar-refractivity contribution in [1.82, 2.24) is 9.97 Å². The van der Waals surface area contributed by atoms with Gasteiger partial charge < -0.3 is 0 Å². The maximum atomic E-state index is 6.20. The fourth-order valence-electron chi connectivity index (χ4n) is 4.22. The number of furan rings is 1. The molecule has 32 heavy (non-hydrogen) atoms. The van der Waals surface area contributed by atoms with Crippen LogP contribution in [0.3, 0.4) is 0 Å². The monoisotopic (exact) mass is 482 g/mol. The summed E-state index contributed by atoms with van der Waals surface area (Å²) in [5.41, 5.74) is 7.15. The predicted molar refractivity (Wildman–Crippen MR) is 133 cm³/mol. The van der Waals surface area contributed by atoms with Gasteiger partial charge in [0.2, 0.25) is 0 Å². The van der Waals surface area contributed by atoms with Gasteiger partial charge in [0.15, 0.2) is 0 Å². The van der Waals surface area contributed by atoms with Crippen molar-refractivity contribution in [3.05, 3.63) is 84.1 Å². The van der Waals surface area contributed by atoms with Crippen molar-refractivity contribution in [3.63, 3.8) is 0 Å². The van der Waals surface area contributed by atoms with Gasteiger partial charge in [0.05, 0.1) is 0 Å². The molecule has 0 aliphatic carbocycles. The molecule has 0 aliphatic rings. The van der Waals surface area contributed by atoms with E-state index in [1.807, 2.05) is 13.0 Å². The molecule has 0 amide bonds. The Bertz CT molecular complexity index is 1610. The van der Waals surface area contributed by atoms with E-state index in [0.29, 0.717) is 11.6 Å². The molecular weight excluding hydrogens is 459 g/mol. The van der Waals surface area contributed by atoms with E-state index in [-0.39, 0.29) is 14.5 Å². The zero-order valence-electron chi connectivity index (χ0n) is 18.2. The molecule has 6 aromatic rings. The fraction of sp³-hybridized carbons (Fsp3) is 0.143. The molecule has 0 atom stereocenters. The quantitative estimate of drug-likeness (QED) is 0.248. The molecule has 3 nitrogen and oxygen atoms in total. The summed E-state index contributed by atoms with van der Waals surface area (Å²) in [6, 6.07) is 26.0. The summed E-state index contributed by atoms with van der Waals surface area (Å²) in [7, 11) is 0. The van der Waals surface area contributed by atoms with Crippen LogP contribution in [0.25, 0.3) is 53.1 Å². The fourth-order valence-corrected chi connectivity index (χ4v) is 6.39. The third kappa shape index (κ3) is 3.19. The summed E-state index contributed by atoms with van der Waals surface area (Å²) < 4.78 is 8.76. The number of benzene rings is 2. The maximum absolute atomic E-state index is 6.20. The Hall–Kier alpha value is -3.20. The molecule has 0 saturated carbocycles. The van der Waals surface area contributed by atoms with E-state index >= 15 is 0 Å². The van der Waals surface area contributed by atoms with E-state index in [1.54, 1.807) is 0 Å². The van der Waals surface area contributed by atoms with Crippen molar-refractivity contribution >= 4 is 46.3 Å². The first kappa shape index (κ1) is 19.5. The van der Waals surface area contributed by atoms with E-state index in [9.17, 15) is 0 Å². The van der Waals surface area contributed by atoms with Gasteiger partial charge in [-0.15, -0.1) is 0 Å². The van der Waals surface area contributed by atoms with Crippen LogP contribution < -0.4 is 0 Å². The molecule has 2 aromatic carbocycles. The van der Waals surface area contributed by atoms with Crippen LogP contribution in [0.1, 0.15) is 31.0 Å². The molecule has 0 unspecified atom stereocenters. The summed E-state index contributed by atoms with van der Waals surface area (Å²) in [6.45, 7) is 6.45. The molecule has 0 spiro atoms. The van der Waals surface area contributed by atoms with Crippen LogP contribution >= 0.6 is 0 Å². The third-order valence-electron chi connectivity index (χ3n) is 6.02. The normalized spacial score (nSPS) is 11.9. The van der Waals surface area contributed by atoms with Gasteiger partial charge in [-0.2, -0.15) is 0 Å². The van der Waals surface area contributed by atoms with Crippen LogP contribution in [0.15, 0.2) is 77.2 Å². The number of aromatic nitrogens is 2. The molecule has 0 bridgehead atoms. The van der Waals surface area contributed by atoms with Crippen LogP contribution in [0.5, 0.6) is 0 Å². The summed E-state index contributed by atoms with van der Waals surface area (Å²) in [4.78, 5) is 9.65. The van der Waals surface area contributed by atoms with Gasteiger partial charge in [0.25, 0.3) is 0 Å². The molecule has 0 fully saturated rings. The molecule has 4 aromatic heterocycles. The zero-order chi connectivity index (χ0) is 21.8. The Labute approximate surface area is 192 Å². The second kappa shape index (κ2) is 7.44. The number of fused-ring (bicyclic) bond motifs is 4. The molecule has 6 rings (SSSR count). The first-order valence-electron chi connectivity index (χ1n) is 10.9. The summed E-state index contributed by atoms with van der Waals surface area (Å²) in [5.74, 6) is 0.550. The average Bonchev–Trinajstić information content (AvgIpc) is 3.39.